The van der Waals surface area contributed by atoms with Crippen LogP contribution in [0.15, 0.2) is 35.7 Å². The number of imidazole rings is 1. The molecule has 0 unspecified atom stereocenters. The van der Waals surface area contributed by atoms with Crippen LogP contribution in [0.3, 0.4) is 0 Å². The average molecular weight is 419 g/mol. The lowest BCUT2D eigenvalue weighted by Gasteiger charge is -2.36. The summed E-state index contributed by atoms with van der Waals surface area (Å²) in [5.41, 5.74) is 2.16. The molecular weight excluding hydrogens is 384 g/mol. The summed E-state index contributed by atoms with van der Waals surface area (Å²) in [5.74, 6) is 0.0893. The lowest BCUT2D eigenvalue weighted by molar-refractivity contribution is 0.128. The van der Waals surface area contributed by atoms with Crippen molar-refractivity contribution in [1.82, 2.24) is 19.4 Å². The van der Waals surface area contributed by atoms with Gasteiger partial charge in [0.25, 0.3) is 0 Å². The Morgan fingerprint density at radius 3 is 2.76 bits per heavy atom. The van der Waals surface area contributed by atoms with Gasteiger partial charge in [0, 0.05) is 31.0 Å². The van der Waals surface area contributed by atoms with Gasteiger partial charge in [-0.15, -0.1) is 0 Å². The van der Waals surface area contributed by atoms with Gasteiger partial charge in [0.1, 0.15) is 0 Å². The van der Waals surface area contributed by atoms with Crippen LogP contribution in [0.25, 0.3) is 0 Å². The maximum Gasteiger partial charge on any atom is 0.227 e. The summed E-state index contributed by atoms with van der Waals surface area (Å²) >= 11 is 0. The van der Waals surface area contributed by atoms with Crippen LogP contribution >= 0.6 is 0 Å². The van der Waals surface area contributed by atoms with Gasteiger partial charge < -0.3 is 4.57 Å². The summed E-state index contributed by atoms with van der Waals surface area (Å²) < 4.78 is 27.0. The molecule has 1 atom stereocenters. The molecule has 1 fully saturated rings. The zero-order valence-corrected chi connectivity index (χ0v) is 18.6. The standard InChI is InChI=1S/C22H34N4O2S/c1-3-5-16-26-21(17-24-22(26)29(27,28)4-2)18-25-15-9-7-11-20(25)13-12-19-10-6-8-14-23-19/h6,8,10,14,17,20H,3-5,7,9,11-13,15-16,18H2,1-2H3/t20-/m0/s1. The number of nitrogens with zero attached hydrogens (tertiary/aromatic N) is 4. The predicted molar refractivity (Wildman–Crippen MR) is 115 cm³/mol. The molecule has 0 N–H and O–H groups in total. The minimum atomic E-state index is -3.31. The van der Waals surface area contributed by atoms with Crippen molar-refractivity contribution in [2.24, 2.45) is 0 Å². The quantitative estimate of drug-likeness (QED) is 0.586. The first-order valence-corrected chi connectivity index (χ1v) is 12.6. The second kappa shape index (κ2) is 10.3. The number of piperidine rings is 1. The molecule has 7 heteroatoms. The Hall–Kier alpha value is -1.73. The Kier molecular flexibility index (Phi) is 7.84. The SMILES string of the molecule is CCCCn1c(CN2CCCC[C@H]2CCc2ccccn2)cnc1S(=O)(=O)CC. The molecule has 0 amide bonds. The van der Waals surface area contributed by atoms with Crippen molar-refractivity contribution in [3.05, 3.63) is 42.0 Å². The minimum Gasteiger partial charge on any atom is -0.318 e. The molecule has 0 bridgehead atoms. The van der Waals surface area contributed by atoms with Crippen molar-refractivity contribution in [3.63, 3.8) is 0 Å². The highest BCUT2D eigenvalue weighted by molar-refractivity contribution is 7.91. The normalized spacial score (nSPS) is 18.2. The van der Waals surface area contributed by atoms with E-state index in [1.807, 2.05) is 22.9 Å². The van der Waals surface area contributed by atoms with Gasteiger partial charge in [-0.05, 0) is 50.8 Å². The third-order valence-corrected chi connectivity index (χ3v) is 7.51. The second-order valence-electron chi connectivity index (χ2n) is 7.92. The fourth-order valence-corrected chi connectivity index (χ4v) is 5.13. The van der Waals surface area contributed by atoms with E-state index < -0.39 is 9.84 Å². The molecule has 160 valence electrons. The molecular formula is C22H34N4O2S. The van der Waals surface area contributed by atoms with E-state index in [0.717, 1.165) is 50.2 Å². The zero-order chi connectivity index (χ0) is 20.7. The van der Waals surface area contributed by atoms with Crippen molar-refractivity contribution < 1.29 is 8.42 Å². The third-order valence-electron chi connectivity index (χ3n) is 5.87. The van der Waals surface area contributed by atoms with Crippen molar-refractivity contribution >= 4 is 9.84 Å². The summed E-state index contributed by atoms with van der Waals surface area (Å²) in [5, 5.41) is 0.241. The molecule has 29 heavy (non-hydrogen) atoms. The Morgan fingerprint density at radius 1 is 1.17 bits per heavy atom. The van der Waals surface area contributed by atoms with E-state index in [9.17, 15) is 8.42 Å². The molecule has 3 heterocycles. The molecule has 0 aromatic carbocycles. The lowest BCUT2D eigenvalue weighted by atomic mass is 9.97. The van der Waals surface area contributed by atoms with Crippen LogP contribution < -0.4 is 0 Å². The topological polar surface area (TPSA) is 68.1 Å². The van der Waals surface area contributed by atoms with Gasteiger partial charge in [0.05, 0.1) is 17.6 Å². The van der Waals surface area contributed by atoms with E-state index >= 15 is 0 Å². The number of hydrogen-bond acceptors (Lipinski definition) is 5. The van der Waals surface area contributed by atoms with E-state index in [1.165, 1.54) is 19.3 Å². The maximum absolute atomic E-state index is 12.5. The zero-order valence-electron chi connectivity index (χ0n) is 17.8. The third kappa shape index (κ3) is 5.66. The highest BCUT2D eigenvalue weighted by atomic mass is 32.2. The largest absolute Gasteiger partial charge is 0.318 e. The van der Waals surface area contributed by atoms with Crippen LogP contribution in [-0.4, -0.2) is 46.2 Å². The second-order valence-corrected chi connectivity index (χ2v) is 10.1. The molecule has 0 saturated carbocycles. The molecule has 0 aliphatic carbocycles. The molecule has 0 spiro atoms. The van der Waals surface area contributed by atoms with Crippen LogP contribution in [-0.2, 0) is 29.3 Å². The van der Waals surface area contributed by atoms with E-state index in [0.29, 0.717) is 12.6 Å². The van der Waals surface area contributed by atoms with Gasteiger partial charge in [-0.25, -0.2) is 13.4 Å². The first-order chi connectivity index (χ1) is 14.0. The predicted octanol–water partition coefficient (Wildman–Crippen LogP) is 3.86. The molecule has 1 aliphatic heterocycles. The van der Waals surface area contributed by atoms with E-state index in [-0.39, 0.29) is 10.9 Å². The number of pyridine rings is 1. The van der Waals surface area contributed by atoms with Gasteiger partial charge in [-0.1, -0.05) is 32.8 Å². The minimum absolute atomic E-state index is 0.0893. The Labute approximate surface area is 175 Å². The first kappa shape index (κ1) is 22.0. The number of aryl methyl sites for hydroxylation is 1. The number of hydrogen-bond donors (Lipinski definition) is 0. The van der Waals surface area contributed by atoms with Crippen molar-refractivity contribution in [1.29, 1.82) is 0 Å². The maximum atomic E-state index is 12.5. The van der Waals surface area contributed by atoms with Crippen LogP contribution in [0.5, 0.6) is 0 Å². The Balaban J connectivity index is 1.75. The highest BCUT2D eigenvalue weighted by Crippen LogP contribution is 2.24. The fraction of sp³-hybridized carbons (Fsp3) is 0.636. The molecule has 1 aliphatic rings. The fourth-order valence-electron chi connectivity index (χ4n) is 4.11. The number of unbranched alkanes of at least 4 members (excludes halogenated alkanes) is 1. The monoisotopic (exact) mass is 418 g/mol. The van der Waals surface area contributed by atoms with Crippen molar-refractivity contribution in [3.8, 4) is 0 Å². The Bertz CT molecular complexity index is 864. The van der Waals surface area contributed by atoms with E-state index in [1.54, 1.807) is 13.1 Å². The first-order valence-electron chi connectivity index (χ1n) is 11.0. The summed E-state index contributed by atoms with van der Waals surface area (Å²) in [4.78, 5) is 11.3. The molecule has 2 aromatic rings. The van der Waals surface area contributed by atoms with Crippen LogP contribution in [0.4, 0.5) is 0 Å². The average Bonchev–Trinajstić information content (AvgIpc) is 3.15. The Morgan fingerprint density at radius 2 is 2.03 bits per heavy atom. The molecule has 3 rings (SSSR count). The number of sulfone groups is 1. The number of rotatable bonds is 10. The molecule has 6 nitrogen and oxygen atoms in total. The summed E-state index contributed by atoms with van der Waals surface area (Å²) in [6.07, 6.45) is 11.3. The molecule has 2 aromatic heterocycles. The molecule has 0 radical (unpaired) electrons. The van der Waals surface area contributed by atoms with E-state index in [4.69, 9.17) is 0 Å². The summed E-state index contributed by atoms with van der Waals surface area (Å²) in [6.45, 7) is 6.35. The van der Waals surface area contributed by atoms with Gasteiger partial charge in [0.15, 0.2) is 0 Å². The van der Waals surface area contributed by atoms with Crippen molar-refractivity contribution in [2.75, 3.05) is 12.3 Å². The number of aromatic nitrogens is 3. The van der Waals surface area contributed by atoms with E-state index in [2.05, 4.69) is 27.9 Å². The number of likely N-dealkylation sites (tertiary alicyclic amines) is 1. The van der Waals surface area contributed by atoms with Crippen molar-refractivity contribution in [2.45, 2.75) is 83.1 Å². The van der Waals surface area contributed by atoms with Crippen LogP contribution in [0.2, 0.25) is 0 Å². The van der Waals surface area contributed by atoms with Gasteiger partial charge in [-0.2, -0.15) is 0 Å². The van der Waals surface area contributed by atoms with Crippen LogP contribution in [0.1, 0.15) is 63.8 Å². The smallest absolute Gasteiger partial charge is 0.227 e. The van der Waals surface area contributed by atoms with Gasteiger partial charge >= 0.3 is 0 Å². The lowest BCUT2D eigenvalue weighted by Crippen LogP contribution is -2.39. The summed E-state index contributed by atoms with van der Waals surface area (Å²) in [7, 11) is -3.31. The van der Waals surface area contributed by atoms with Gasteiger partial charge in [-0.3, -0.25) is 9.88 Å². The van der Waals surface area contributed by atoms with Crippen LogP contribution in [0, 0.1) is 0 Å². The highest BCUT2D eigenvalue weighted by Gasteiger charge is 2.26. The molecule has 1 saturated heterocycles. The van der Waals surface area contributed by atoms with Gasteiger partial charge in [0.2, 0.25) is 15.0 Å². The summed E-state index contributed by atoms with van der Waals surface area (Å²) in [6, 6.07) is 6.60.